The van der Waals surface area contributed by atoms with E-state index in [1.165, 1.54) is 4.90 Å². The molecule has 0 aliphatic carbocycles. The van der Waals surface area contributed by atoms with Crippen molar-refractivity contribution in [2.45, 2.75) is 11.6 Å². The lowest BCUT2D eigenvalue weighted by Crippen LogP contribution is -2.40. The molecule has 92 valence electrons. The lowest BCUT2D eigenvalue weighted by Gasteiger charge is -2.22. The Morgan fingerprint density at radius 2 is 2.12 bits per heavy atom. The van der Waals surface area contributed by atoms with Crippen LogP contribution in [-0.2, 0) is 10.1 Å². The van der Waals surface area contributed by atoms with E-state index in [1.807, 2.05) is 30.3 Å². The number of rotatable bonds is 3. The predicted octanol–water partition coefficient (Wildman–Crippen LogP) is -0.619. The lowest BCUT2D eigenvalue weighted by atomic mass is 10.1. The molecule has 0 saturated carbocycles. The molecule has 0 spiro atoms. The van der Waals surface area contributed by atoms with E-state index in [-0.39, 0.29) is 5.91 Å². The minimum atomic E-state index is -0.997. The first kappa shape index (κ1) is 12.5. The van der Waals surface area contributed by atoms with E-state index in [9.17, 15) is 9.90 Å². The van der Waals surface area contributed by atoms with Crippen molar-refractivity contribution in [1.29, 1.82) is 0 Å². The van der Waals surface area contributed by atoms with Crippen LogP contribution in [0.3, 0.4) is 0 Å². The van der Waals surface area contributed by atoms with Crippen LogP contribution in [0.2, 0.25) is 0 Å². The number of benzene rings is 1. The number of nitrogens with zero attached hydrogens (tertiary/aromatic N) is 1. The second-order valence-corrected chi connectivity index (χ2v) is 4.85. The topological polar surface area (TPSA) is 78.6 Å². The molecule has 5 nitrogen and oxygen atoms in total. The Hall–Kier alpha value is -1.00. The van der Waals surface area contributed by atoms with E-state index in [0.717, 1.165) is 5.56 Å². The standard InChI is InChI=1S/C11H16N3O2P/c12-6-7-14-9(15)11(17,13-10(14)16)8-4-2-1-3-5-8/h1-5,10,13,16H,6-7,12,17H2. The van der Waals surface area contributed by atoms with Gasteiger partial charge in [0.15, 0.2) is 6.35 Å². The number of nitrogens with one attached hydrogen (secondary N) is 1. The van der Waals surface area contributed by atoms with Crippen molar-refractivity contribution in [3.63, 3.8) is 0 Å². The van der Waals surface area contributed by atoms with Gasteiger partial charge in [0.2, 0.25) is 0 Å². The molecular formula is C11H16N3O2P. The number of amides is 1. The van der Waals surface area contributed by atoms with Crippen LogP contribution < -0.4 is 11.1 Å². The van der Waals surface area contributed by atoms with Gasteiger partial charge >= 0.3 is 0 Å². The third-order valence-electron chi connectivity index (χ3n) is 2.85. The molecule has 3 atom stereocenters. The molecule has 1 saturated heterocycles. The summed E-state index contributed by atoms with van der Waals surface area (Å²) in [5.41, 5.74) is 6.22. The summed E-state index contributed by atoms with van der Waals surface area (Å²) in [6.07, 6.45) is -0.997. The molecule has 0 radical (unpaired) electrons. The average Bonchev–Trinajstić information content (AvgIpc) is 2.56. The molecule has 17 heavy (non-hydrogen) atoms. The summed E-state index contributed by atoms with van der Waals surface area (Å²) in [6.45, 7) is 0.649. The van der Waals surface area contributed by atoms with E-state index in [2.05, 4.69) is 14.6 Å². The zero-order valence-electron chi connectivity index (χ0n) is 9.34. The Morgan fingerprint density at radius 3 is 2.71 bits per heavy atom. The second-order valence-electron chi connectivity index (χ2n) is 3.98. The van der Waals surface area contributed by atoms with Gasteiger partial charge < -0.3 is 15.7 Å². The SMILES string of the molecule is NCCN1C(=O)C(P)(c2ccccc2)NC1O. The molecule has 6 heteroatoms. The summed E-state index contributed by atoms with van der Waals surface area (Å²) >= 11 is 0. The number of aliphatic hydroxyl groups is 1. The highest BCUT2D eigenvalue weighted by atomic mass is 31.0. The highest BCUT2D eigenvalue weighted by Gasteiger charge is 2.48. The number of carbonyl (C=O) groups excluding carboxylic acids is 1. The minimum absolute atomic E-state index is 0.188. The normalized spacial score (nSPS) is 28.8. The molecule has 1 heterocycles. The summed E-state index contributed by atoms with van der Waals surface area (Å²) in [6, 6.07) is 9.28. The van der Waals surface area contributed by atoms with Gasteiger partial charge in [-0.15, -0.1) is 9.24 Å². The predicted molar refractivity (Wildman–Crippen MR) is 67.7 cm³/mol. The Labute approximate surface area is 102 Å². The Kier molecular flexibility index (Phi) is 3.45. The summed E-state index contributed by atoms with van der Waals surface area (Å²) in [5.74, 6) is -0.188. The third kappa shape index (κ3) is 2.07. The summed E-state index contributed by atoms with van der Waals surface area (Å²) in [4.78, 5) is 13.6. The summed E-state index contributed by atoms with van der Waals surface area (Å²) < 4.78 is 0. The zero-order chi connectivity index (χ0) is 12.5. The zero-order valence-corrected chi connectivity index (χ0v) is 10.5. The van der Waals surface area contributed by atoms with Crippen LogP contribution >= 0.6 is 9.24 Å². The first-order valence-corrected chi connectivity index (χ1v) is 5.98. The van der Waals surface area contributed by atoms with Gasteiger partial charge in [-0.25, -0.2) is 0 Å². The van der Waals surface area contributed by atoms with Crippen LogP contribution in [0.5, 0.6) is 0 Å². The molecule has 1 amide bonds. The van der Waals surface area contributed by atoms with Crippen LogP contribution in [0.25, 0.3) is 0 Å². The largest absolute Gasteiger partial charge is 0.361 e. The van der Waals surface area contributed by atoms with Crippen LogP contribution in [0.4, 0.5) is 0 Å². The van der Waals surface area contributed by atoms with E-state index < -0.39 is 11.6 Å². The van der Waals surface area contributed by atoms with Gasteiger partial charge in [-0.05, 0) is 5.56 Å². The van der Waals surface area contributed by atoms with Gasteiger partial charge in [-0.3, -0.25) is 10.1 Å². The molecule has 1 aliphatic rings. The number of aliphatic hydroxyl groups excluding tert-OH is 1. The van der Waals surface area contributed by atoms with Gasteiger partial charge in [0.1, 0.15) is 5.28 Å². The third-order valence-corrected chi connectivity index (χ3v) is 3.60. The Morgan fingerprint density at radius 1 is 1.47 bits per heavy atom. The summed E-state index contributed by atoms with van der Waals surface area (Å²) in [7, 11) is 2.48. The molecule has 2 rings (SSSR count). The van der Waals surface area contributed by atoms with Crippen LogP contribution in [0.1, 0.15) is 5.56 Å². The second kappa shape index (κ2) is 4.70. The van der Waals surface area contributed by atoms with Crippen molar-refractivity contribution in [2.24, 2.45) is 5.73 Å². The molecule has 1 aromatic rings. The Balaban J connectivity index is 2.31. The molecule has 1 aromatic carbocycles. The fourth-order valence-electron chi connectivity index (χ4n) is 1.95. The van der Waals surface area contributed by atoms with Crippen LogP contribution in [-0.4, -0.2) is 35.4 Å². The monoisotopic (exact) mass is 253 g/mol. The average molecular weight is 253 g/mol. The first-order chi connectivity index (χ1) is 8.09. The van der Waals surface area contributed by atoms with Crippen molar-refractivity contribution in [3.8, 4) is 0 Å². The van der Waals surface area contributed by atoms with Crippen molar-refractivity contribution < 1.29 is 9.90 Å². The number of carbonyl (C=O) groups is 1. The number of hydrogen-bond acceptors (Lipinski definition) is 4. The molecule has 0 bridgehead atoms. The lowest BCUT2D eigenvalue weighted by molar-refractivity contribution is -0.134. The van der Waals surface area contributed by atoms with Gasteiger partial charge in [-0.2, -0.15) is 0 Å². The molecule has 4 N–H and O–H groups in total. The summed E-state index contributed by atoms with van der Waals surface area (Å²) in [5, 5.41) is 11.7. The molecule has 0 aromatic heterocycles. The van der Waals surface area contributed by atoms with E-state index >= 15 is 0 Å². The smallest absolute Gasteiger partial charge is 0.254 e. The van der Waals surface area contributed by atoms with Crippen molar-refractivity contribution >= 4 is 15.1 Å². The van der Waals surface area contributed by atoms with Gasteiger partial charge in [0, 0.05) is 13.1 Å². The minimum Gasteiger partial charge on any atom is -0.361 e. The number of hydrogen-bond donors (Lipinski definition) is 3. The number of nitrogens with two attached hydrogens (primary N) is 1. The van der Waals surface area contributed by atoms with Crippen molar-refractivity contribution in [3.05, 3.63) is 35.9 Å². The fraction of sp³-hybridized carbons (Fsp3) is 0.364. The Bertz CT molecular complexity index is 414. The fourth-order valence-corrected chi connectivity index (χ4v) is 2.46. The van der Waals surface area contributed by atoms with E-state index in [0.29, 0.717) is 13.1 Å². The van der Waals surface area contributed by atoms with Crippen LogP contribution in [0.15, 0.2) is 30.3 Å². The van der Waals surface area contributed by atoms with Crippen LogP contribution in [0, 0.1) is 0 Å². The first-order valence-electron chi connectivity index (χ1n) is 5.41. The van der Waals surface area contributed by atoms with Gasteiger partial charge in [-0.1, -0.05) is 30.3 Å². The van der Waals surface area contributed by atoms with Crippen molar-refractivity contribution in [2.75, 3.05) is 13.1 Å². The van der Waals surface area contributed by atoms with Crippen molar-refractivity contribution in [1.82, 2.24) is 10.2 Å². The maximum Gasteiger partial charge on any atom is 0.254 e. The quantitative estimate of drug-likeness (QED) is 0.627. The van der Waals surface area contributed by atoms with Gasteiger partial charge in [0.05, 0.1) is 0 Å². The van der Waals surface area contributed by atoms with E-state index in [4.69, 9.17) is 5.73 Å². The molecule has 1 fully saturated rings. The highest BCUT2D eigenvalue weighted by Crippen LogP contribution is 2.35. The maximum atomic E-state index is 12.3. The van der Waals surface area contributed by atoms with E-state index in [1.54, 1.807) is 0 Å². The molecular weight excluding hydrogens is 237 g/mol. The molecule has 3 unspecified atom stereocenters. The maximum absolute atomic E-state index is 12.3. The molecule has 1 aliphatic heterocycles. The van der Waals surface area contributed by atoms with Gasteiger partial charge in [0.25, 0.3) is 5.91 Å². The highest BCUT2D eigenvalue weighted by molar-refractivity contribution is 7.20.